The third-order valence-electron chi connectivity index (χ3n) is 2.61. The van der Waals surface area contributed by atoms with Gasteiger partial charge in [0.15, 0.2) is 0 Å². The molecule has 1 unspecified atom stereocenters. The van der Waals surface area contributed by atoms with Gasteiger partial charge in [0, 0.05) is 9.26 Å². The van der Waals surface area contributed by atoms with Crippen LogP contribution < -0.4 is 5.32 Å². The number of benzene rings is 1. The highest BCUT2D eigenvalue weighted by molar-refractivity contribution is 14.1. The van der Waals surface area contributed by atoms with Gasteiger partial charge in [0.2, 0.25) is 5.91 Å². The minimum atomic E-state index is -0.604. The Morgan fingerprint density at radius 3 is 2.65 bits per heavy atom. The fourth-order valence-corrected chi connectivity index (χ4v) is 1.96. The van der Waals surface area contributed by atoms with E-state index in [1.54, 1.807) is 0 Å². The van der Waals surface area contributed by atoms with E-state index in [1.807, 2.05) is 45.0 Å². The van der Waals surface area contributed by atoms with Crippen LogP contribution >= 0.6 is 22.6 Å². The van der Waals surface area contributed by atoms with Crippen molar-refractivity contribution in [3.05, 3.63) is 27.3 Å². The van der Waals surface area contributed by atoms with Crippen molar-refractivity contribution in [3.63, 3.8) is 0 Å². The highest BCUT2D eigenvalue weighted by Crippen LogP contribution is 2.21. The van der Waals surface area contributed by atoms with Gasteiger partial charge in [0.1, 0.15) is 5.92 Å². The highest BCUT2D eigenvalue weighted by Gasteiger charge is 2.22. The number of hydrogen-bond donors (Lipinski definition) is 1. The topological polar surface area (TPSA) is 52.9 Å². The van der Waals surface area contributed by atoms with E-state index in [2.05, 4.69) is 27.9 Å². The molecule has 0 aromatic heterocycles. The summed E-state index contributed by atoms with van der Waals surface area (Å²) >= 11 is 2.22. The first-order chi connectivity index (χ1) is 7.97. The van der Waals surface area contributed by atoms with Crippen LogP contribution in [0.2, 0.25) is 0 Å². The van der Waals surface area contributed by atoms with Crippen LogP contribution in [0.4, 0.5) is 5.69 Å². The zero-order valence-electron chi connectivity index (χ0n) is 10.1. The van der Waals surface area contributed by atoms with E-state index in [1.165, 1.54) is 0 Å². The molecule has 0 radical (unpaired) electrons. The van der Waals surface area contributed by atoms with Crippen LogP contribution in [0.5, 0.6) is 0 Å². The molecule has 17 heavy (non-hydrogen) atoms. The number of rotatable bonds is 3. The van der Waals surface area contributed by atoms with Gasteiger partial charge >= 0.3 is 0 Å². The van der Waals surface area contributed by atoms with Crippen LogP contribution in [0.1, 0.15) is 19.4 Å². The Morgan fingerprint density at radius 2 is 2.12 bits per heavy atom. The van der Waals surface area contributed by atoms with Gasteiger partial charge < -0.3 is 5.32 Å². The lowest BCUT2D eigenvalue weighted by atomic mass is 9.96. The second-order valence-corrected chi connectivity index (χ2v) is 5.41. The Labute approximate surface area is 115 Å². The number of nitrogens with one attached hydrogen (secondary N) is 1. The SMILES string of the molecule is Cc1c(I)cccc1NC(=O)C(C#N)C(C)C. The number of halogens is 1. The Morgan fingerprint density at radius 1 is 1.47 bits per heavy atom. The molecule has 1 amide bonds. The zero-order chi connectivity index (χ0) is 13.0. The normalized spacial score (nSPS) is 12.0. The molecule has 3 nitrogen and oxygen atoms in total. The molecule has 1 aromatic rings. The molecule has 1 aromatic carbocycles. The summed E-state index contributed by atoms with van der Waals surface area (Å²) in [7, 11) is 0. The van der Waals surface area contributed by atoms with Gasteiger partial charge in [-0.15, -0.1) is 0 Å². The maximum Gasteiger partial charge on any atom is 0.241 e. The van der Waals surface area contributed by atoms with Crippen molar-refractivity contribution in [2.24, 2.45) is 11.8 Å². The largest absolute Gasteiger partial charge is 0.325 e. The number of anilines is 1. The molecular formula is C13H15IN2O. The van der Waals surface area contributed by atoms with Gasteiger partial charge in [-0.25, -0.2) is 0 Å². The van der Waals surface area contributed by atoms with E-state index in [-0.39, 0.29) is 11.8 Å². The Bertz CT molecular complexity index is 463. The lowest BCUT2D eigenvalue weighted by Gasteiger charge is -2.15. The molecule has 1 rings (SSSR count). The predicted molar refractivity (Wildman–Crippen MR) is 76.5 cm³/mol. The average Bonchev–Trinajstić information content (AvgIpc) is 2.25. The second-order valence-electron chi connectivity index (χ2n) is 4.25. The highest BCUT2D eigenvalue weighted by atomic mass is 127. The van der Waals surface area contributed by atoms with Gasteiger partial charge in [-0.3, -0.25) is 4.79 Å². The van der Waals surface area contributed by atoms with Gasteiger partial charge in [-0.2, -0.15) is 5.26 Å². The summed E-state index contributed by atoms with van der Waals surface area (Å²) in [6, 6.07) is 7.76. The van der Waals surface area contributed by atoms with Crippen LogP contribution in [0.15, 0.2) is 18.2 Å². The zero-order valence-corrected chi connectivity index (χ0v) is 12.3. The van der Waals surface area contributed by atoms with Gasteiger partial charge in [0.05, 0.1) is 6.07 Å². The van der Waals surface area contributed by atoms with Gasteiger partial charge in [-0.05, 0) is 53.1 Å². The molecule has 0 fully saturated rings. The molecule has 0 aliphatic rings. The number of nitriles is 1. The van der Waals surface area contributed by atoms with Crippen molar-refractivity contribution in [1.29, 1.82) is 5.26 Å². The van der Waals surface area contributed by atoms with Crippen LogP contribution in [0.3, 0.4) is 0 Å². The summed E-state index contributed by atoms with van der Waals surface area (Å²) in [6.07, 6.45) is 0. The third-order valence-corrected chi connectivity index (χ3v) is 3.78. The number of carbonyl (C=O) groups excluding carboxylic acids is 1. The minimum Gasteiger partial charge on any atom is -0.325 e. The first kappa shape index (κ1) is 14.0. The number of carbonyl (C=O) groups is 1. The molecule has 0 aliphatic heterocycles. The van der Waals surface area contributed by atoms with E-state index in [4.69, 9.17) is 5.26 Å². The van der Waals surface area contributed by atoms with E-state index >= 15 is 0 Å². The summed E-state index contributed by atoms with van der Waals surface area (Å²) in [5.41, 5.74) is 1.81. The first-order valence-electron chi connectivity index (χ1n) is 5.43. The van der Waals surface area contributed by atoms with E-state index in [0.29, 0.717) is 0 Å². The number of hydrogen-bond acceptors (Lipinski definition) is 2. The minimum absolute atomic E-state index is 0.0168. The molecule has 0 spiro atoms. The second kappa shape index (κ2) is 6.01. The summed E-state index contributed by atoms with van der Waals surface area (Å²) in [4.78, 5) is 11.9. The van der Waals surface area contributed by atoms with Crippen LogP contribution in [-0.4, -0.2) is 5.91 Å². The van der Waals surface area contributed by atoms with Crippen molar-refractivity contribution in [2.75, 3.05) is 5.32 Å². The standard InChI is InChI=1S/C13H15IN2O/c1-8(2)10(7-15)13(17)16-12-6-4-5-11(14)9(12)3/h4-6,8,10H,1-3H3,(H,16,17). The van der Waals surface area contributed by atoms with Crippen molar-refractivity contribution >= 4 is 34.2 Å². The molecule has 4 heteroatoms. The Hall–Kier alpha value is -1.09. The Balaban J connectivity index is 2.89. The number of amides is 1. The molecule has 1 atom stereocenters. The summed E-state index contributed by atoms with van der Waals surface area (Å²) in [5, 5.41) is 11.8. The summed E-state index contributed by atoms with van der Waals surface area (Å²) < 4.78 is 1.10. The lowest BCUT2D eigenvalue weighted by molar-refractivity contribution is -0.119. The van der Waals surface area contributed by atoms with Gasteiger partial charge in [0.25, 0.3) is 0 Å². The molecule has 1 N–H and O–H groups in total. The van der Waals surface area contributed by atoms with Gasteiger partial charge in [-0.1, -0.05) is 19.9 Å². The van der Waals surface area contributed by atoms with Crippen LogP contribution in [-0.2, 0) is 4.79 Å². The third kappa shape index (κ3) is 3.43. The molecule has 0 saturated carbocycles. The van der Waals surface area contributed by atoms with Crippen molar-refractivity contribution in [2.45, 2.75) is 20.8 Å². The molecule has 0 heterocycles. The molecule has 0 saturated heterocycles. The van der Waals surface area contributed by atoms with Crippen molar-refractivity contribution in [1.82, 2.24) is 0 Å². The smallest absolute Gasteiger partial charge is 0.241 e. The monoisotopic (exact) mass is 342 g/mol. The van der Waals surface area contributed by atoms with Crippen molar-refractivity contribution in [3.8, 4) is 6.07 Å². The van der Waals surface area contributed by atoms with E-state index in [9.17, 15) is 4.79 Å². The van der Waals surface area contributed by atoms with Crippen LogP contribution in [0, 0.1) is 33.7 Å². The maximum atomic E-state index is 11.9. The average molecular weight is 342 g/mol. The molecule has 0 aliphatic carbocycles. The quantitative estimate of drug-likeness (QED) is 0.857. The van der Waals surface area contributed by atoms with E-state index in [0.717, 1.165) is 14.8 Å². The van der Waals surface area contributed by atoms with Crippen LogP contribution in [0.25, 0.3) is 0 Å². The lowest BCUT2D eigenvalue weighted by Crippen LogP contribution is -2.26. The Kier molecular flexibility index (Phi) is 4.94. The van der Waals surface area contributed by atoms with Crippen molar-refractivity contribution < 1.29 is 4.79 Å². The summed E-state index contributed by atoms with van der Waals surface area (Å²) in [6.45, 7) is 5.69. The fraction of sp³-hybridized carbons (Fsp3) is 0.385. The molecular weight excluding hydrogens is 327 g/mol. The fourth-order valence-electron chi connectivity index (χ4n) is 1.46. The summed E-state index contributed by atoms with van der Waals surface area (Å²) in [5.74, 6) is -0.817. The predicted octanol–water partition coefficient (Wildman–Crippen LogP) is 3.33. The van der Waals surface area contributed by atoms with E-state index < -0.39 is 5.92 Å². The maximum absolute atomic E-state index is 11.9. The first-order valence-corrected chi connectivity index (χ1v) is 6.50. The molecule has 0 bridgehead atoms. The molecule has 90 valence electrons. The number of nitrogens with zero attached hydrogens (tertiary/aromatic N) is 1.